The van der Waals surface area contributed by atoms with E-state index < -0.39 is 29.8 Å². The number of carbonyl (C=O) groups is 3. The van der Waals surface area contributed by atoms with Crippen LogP contribution in [0, 0.1) is 0 Å². The summed E-state index contributed by atoms with van der Waals surface area (Å²) in [6.45, 7) is -0.249. The average Bonchev–Trinajstić information content (AvgIpc) is 3.32. The van der Waals surface area contributed by atoms with Gasteiger partial charge in [0.1, 0.15) is 12.3 Å². The predicted molar refractivity (Wildman–Crippen MR) is 113 cm³/mol. The number of fused-ring (bicyclic) bond motifs is 1. The van der Waals surface area contributed by atoms with Crippen LogP contribution in [-0.2, 0) is 14.4 Å². The first-order chi connectivity index (χ1) is 15.5. The first kappa shape index (κ1) is 21.1. The molecule has 3 amide bonds. The third kappa shape index (κ3) is 3.68. The van der Waals surface area contributed by atoms with E-state index in [1.807, 2.05) is 0 Å². The number of nitrogens with zero attached hydrogens (tertiary/aromatic N) is 4. The molecule has 2 aromatic rings. The normalized spacial score (nSPS) is 19.2. The third-order valence-corrected chi connectivity index (χ3v) is 5.14. The van der Waals surface area contributed by atoms with Crippen LogP contribution in [0.15, 0.2) is 52.8 Å². The molecule has 0 saturated carbocycles. The minimum absolute atomic E-state index is 0.249. The van der Waals surface area contributed by atoms with Gasteiger partial charge in [-0.1, -0.05) is 11.3 Å². The number of imide groups is 1. The standard InChI is InChI=1S/C21H21N5O6/c1-30-14-6-4-5-12(9-14)22-17(27)11-25-19-18(23-24-25)20(28)26(21(19)29)13-7-8-15(31-2)16(10-13)32-3/h4-10,18-19H,11H2,1-3H3,(H,22,27)/t18-,19+/m1/s1. The second kappa shape index (κ2) is 8.53. The lowest BCUT2D eigenvalue weighted by atomic mass is 10.1. The van der Waals surface area contributed by atoms with E-state index in [9.17, 15) is 14.4 Å². The highest BCUT2D eigenvalue weighted by molar-refractivity contribution is 6.25. The van der Waals surface area contributed by atoms with Gasteiger partial charge < -0.3 is 19.5 Å². The van der Waals surface area contributed by atoms with Gasteiger partial charge in [-0.2, -0.15) is 5.11 Å². The second-order valence-corrected chi connectivity index (χ2v) is 7.02. The fourth-order valence-electron chi connectivity index (χ4n) is 3.62. The van der Waals surface area contributed by atoms with Crippen molar-refractivity contribution in [1.29, 1.82) is 0 Å². The number of ether oxygens (including phenoxy) is 3. The highest BCUT2D eigenvalue weighted by Gasteiger charge is 2.55. The molecule has 11 nitrogen and oxygen atoms in total. The van der Waals surface area contributed by atoms with Crippen LogP contribution >= 0.6 is 0 Å². The summed E-state index contributed by atoms with van der Waals surface area (Å²) in [6.07, 6.45) is 0. The Morgan fingerprint density at radius 2 is 1.78 bits per heavy atom. The molecule has 166 valence electrons. The Morgan fingerprint density at radius 1 is 1.00 bits per heavy atom. The lowest BCUT2D eigenvalue weighted by Gasteiger charge is -2.20. The average molecular weight is 439 g/mol. The fraction of sp³-hybridized carbons (Fsp3) is 0.286. The van der Waals surface area contributed by atoms with Gasteiger partial charge in [0.15, 0.2) is 23.6 Å². The SMILES string of the molecule is COc1cccc(NC(=O)CN2N=N[C@H]3C(=O)N(c4ccc(OC)c(OC)c4)C(=O)[C@H]32)c1. The molecule has 2 aliphatic heterocycles. The monoisotopic (exact) mass is 439 g/mol. The summed E-state index contributed by atoms with van der Waals surface area (Å²) in [6, 6.07) is 9.56. The van der Waals surface area contributed by atoms with E-state index in [4.69, 9.17) is 14.2 Å². The number of amides is 3. The van der Waals surface area contributed by atoms with Crippen molar-refractivity contribution in [3.05, 3.63) is 42.5 Å². The number of carbonyl (C=O) groups excluding carboxylic acids is 3. The van der Waals surface area contributed by atoms with Gasteiger partial charge >= 0.3 is 0 Å². The van der Waals surface area contributed by atoms with E-state index in [1.54, 1.807) is 36.4 Å². The molecule has 11 heteroatoms. The molecule has 0 unspecified atom stereocenters. The highest BCUT2D eigenvalue weighted by Crippen LogP contribution is 2.36. The van der Waals surface area contributed by atoms with Gasteiger partial charge in [0, 0.05) is 17.8 Å². The summed E-state index contributed by atoms with van der Waals surface area (Å²) < 4.78 is 15.6. The topological polar surface area (TPSA) is 122 Å². The summed E-state index contributed by atoms with van der Waals surface area (Å²) in [5.41, 5.74) is 0.853. The largest absolute Gasteiger partial charge is 0.497 e. The zero-order valence-corrected chi connectivity index (χ0v) is 17.6. The van der Waals surface area contributed by atoms with Gasteiger partial charge in [-0.05, 0) is 24.3 Å². The Balaban J connectivity index is 1.50. The van der Waals surface area contributed by atoms with Crippen molar-refractivity contribution in [3.63, 3.8) is 0 Å². The lowest BCUT2D eigenvalue weighted by Crippen LogP contribution is -2.43. The molecule has 1 fully saturated rings. The van der Waals surface area contributed by atoms with Crippen molar-refractivity contribution < 1.29 is 28.6 Å². The van der Waals surface area contributed by atoms with E-state index in [2.05, 4.69) is 15.7 Å². The number of methoxy groups -OCH3 is 3. The Kier molecular flexibility index (Phi) is 5.63. The molecular formula is C21H21N5O6. The van der Waals surface area contributed by atoms with Crippen LogP contribution < -0.4 is 24.4 Å². The van der Waals surface area contributed by atoms with E-state index in [1.165, 1.54) is 32.4 Å². The van der Waals surface area contributed by atoms with E-state index >= 15 is 0 Å². The van der Waals surface area contributed by atoms with Gasteiger partial charge in [0.25, 0.3) is 11.8 Å². The van der Waals surface area contributed by atoms with Crippen molar-refractivity contribution in [2.75, 3.05) is 38.1 Å². The van der Waals surface area contributed by atoms with Crippen LogP contribution in [0.3, 0.4) is 0 Å². The molecule has 2 heterocycles. The smallest absolute Gasteiger partial charge is 0.263 e. The Labute approximate surface area is 183 Å². The maximum Gasteiger partial charge on any atom is 0.263 e. The van der Waals surface area contributed by atoms with E-state index in [0.29, 0.717) is 28.6 Å². The Hall–Kier alpha value is -4.15. The Morgan fingerprint density at radius 3 is 2.50 bits per heavy atom. The van der Waals surface area contributed by atoms with Gasteiger partial charge in [-0.15, -0.1) is 0 Å². The first-order valence-electron chi connectivity index (χ1n) is 9.68. The van der Waals surface area contributed by atoms with Crippen molar-refractivity contribution in [3.8, 4) is 17.2 Å². The molecule has 0 spiro atoms. The van der Waals surface area contributed by atoms with Gasteiger partial charge in [0.2, 0.25) is 5.91 Å². The summed E-state index contributed by atoms with van der Waals surface area (Å²) in [5, 5.41) is 11.8. The Bertz CT molecular complexity index is 1100. The molecule has 0 aromatic heterocycles. The summed E-state index contributed by atoms with van der Waals surface area (Å²) in [4.78, 5) is 39.5. The van der Waals surface area contributed by atoms with Crippen LogP contribution in [0.5, 0.6) is 17.2 Å². The fourth-order valence-corrected chi connectivity index (χ4v) is 3.62. The first-order valence-corrected chi connectivity index (χ1v) is 9.68. The zero-order chi connectivity index (χ0) is 22.8. The van der Waals surface area contributed by atoms with Gasteiger partial charge in [-0.3, -0.25) is 19.4 Å². The number of anilines is 2. The number of nitrogens with one attached hydrogen (secondary N) is 1. The van der Waals surface area contributed by atoms with Crippen LogP contribution in [0.1, 0.15) is 0 Å². The number of hydrogen-bond donors (Lipinski definition) is 1. The molecular weight excluding hydrogens is 418 g/mol. The zero-order valence-electron chi connectivity index (χ0n) is 17.6. The van der Waals surface area contributed by atoms with Crippen LogP contribution in [-0.4, -0.2) is 62.7 Å². The molecule has 2 aliphatic rings. The number of hydrogen-bond acceptors (Lipinski definition) is 9. The molecule has 2 atom stereocenters. The van der Waals surface area contributed by atoms with Gasteiger partial charge in [0.05, 0.1) is 27.0 Å². The van der Waals surface area contributed by atoms with E-state index in [0.717, 1.165) is 4.90 Å². The summed E-state index contributed by atoms with van der Waals surface area (Å²) in [7, 11) is 4.47. The predicted octanol–water partition coefficient (Wildman–Crippen LogP) is 1.64. The maximum atomic E-state index is 13.1. The van der Waals surface area contributed by atoms with Crippen LogP contribution in [0.25, 0.3) is 0 Å². The van der Waals surface area contributed by atoms with Gasteiger partial charge in [-0.25, -0.2) is 4.90 Å². The summed E-state index contributed by atoms with van der Waals surface area (Å²) in [5.74, 6) is -0.0310. The number of rotatable bonds is 7. The summed E-state index contributed by atoms with van der Waals surface area (Å²) >= 11 is 0. The minimum atomic E-state index is -1.01. The molecule has 32 heavy (non-hydrogen) atoms. The van der Waals surface area contributed by atoms with Crippen LogP contribution in [0.2, 0.25) is 0 Å². The molecule has 2 aromatic carbocycles. The highest BCUT2D eigenvalue weighted by atomic mass is 16.5. The number of benzene rings is 2. The molecule has 0 radical (unpaired) electrons. The van der Waals surface area contributed by atoms with Crippen molar-refractivity contribution in [1.82, 2.24) is 5.01 Å². The molecule has 0 bridgehead atoms. The lowest BCUT2D eigenvalue weighted by molar-refractivity contribution is -0.123. The van der Waals surface area contributed by atoms with Crippen molar-refractivity contribution in [2.45, 2.75) is 12.1 Å². The van der Waals surface area contributed by atoms with E-state index in [-0.39, 0.29) is 6.54 Å². The van der Waals surface area contributed by atoms with Crippen molar-refractivity contribution >= 4 is 29.1 Å². The van der Waals surface area contributed by atoms with Crippen molar-refractivity contribution in [2.24, 2.45) is 10.3 Å². The third-order valence-electron chi connectivity index (χ3n) is 5.14. The molecule has 0 aliphatic carbocycles. The molecule has 1 saturated heterocycles. The minimum Gasteiger partial charge on any atom is -0.497 e. The quantitative estimate of drug-likeness (QED) is 0.651. The van der Waals surface area contributed by atoms with Crippen LogP contribution in [0.4, 0.5) is 11.4 Å². The molecule has 4 rings (SSSR count). The molecule has 1 N–H and O–H groups in total. The maximum absolute atomic E-state index is 13.1. The second-order valence-electron chi connectivity index (χ2n) is 7.02.